The molecule has 2 fully saturated rings. The molecule has 1 saturated carbocycles. The predicted molar refractivity (Wildman–Crippen MR) is 82.8 cm³/mol. The molecular formula is C16H31N3O. The van der Waals surface area contributed by atoms with E-state index in [1.165, 1.54) is 25.7 Å². The van der Waals surface area contributed by atoms with Crippen LogP contribution in [0.4, 0.5) is 0 Å². The van der Waals surface area contributed by atoms with Crippen molar-refractivity contribution in [3.63, 3.8) is 0 Å². The number of rotatable bonds is 3. The van der Waals surface area contributed by atoms with Gasteiger partial charge in [0, 0.05) is 37.8 Å². The first-order valence-electron chi connectivity index (χ1n) is 8.17. The highest BCUT2D eigenvalue weighted by Crippen LogP contribution is 2.24. The van der Waals surface area contributed by atoms with Crippen molar-refractivity contribution in [1.82, 2.24) is 15.1 Å². The smallest absolute Gasteiger partial charge is 0.237 e. The zero-order chi connectivity index (χ0) is 14.8. The van der Waals surface area contributed by atoms with Crippen LogP contribution in [0.5, 0.6) is 0 Å². The lowest BCUT2D eigenvalue weighted by molar-refractivity contribution is -0.128. The second-order valence-corrected chi connectivity index (χ2v) is 7.43. The molecule has 116 valence electrons. The zero-order valence-corrected chi connectivity index (χ0v) is 13.6. The first kappa shape index (κ1) is 15.8. The van der Waals surface area contributed by atoms with Crippen LogP contribution < -0.4 is 5.32 Å². The molecule has 0 aromatic heterocycles. The molecule has 2 rings (SSSR count). The molecule has 1 N–H and O–H groups in total. The molecule has 0 aromatic carbocycles. The minimum atomic E-state index is -0.142. The summed E-state index contributed by atoms with van der Waals surface area (Å²) >= 11 is 0. The van der Waals surface area contributed by atoms with Crippen molar-refractivity contribution in [3.8, 4) is 0 Å². The summed E-state index contributed by atoms with van der Waals surface area (Å²) in [6, 6.07) is 0.802. The SMILES string of the molecule is CC(C(=O)NC(C)(C)C)N1CCN(C2CCCC2)CC1. The van der Waals surface area contributed by atoms with Crippen LogP contribution in [0, 0.1) is 0 Å². The molecule has 4 nitrogen and oxygen atoms in total. The van der Waals surface area contributed by atoms with Gasteiger partial charge in [-0.25, -0.2) is 0 Å². The average molecular weight is 281 g/mol. The van der Waals surface area contributed by atoms with Crippen molar-refractivity contribution in [2.24, 2.45) is 0 Å². The van der Waals surface area contributed by atoms with Crippen LogP contribution in [0.1, 0.15) is 53.4 Å². The molecule has 0 bridgehead atoms. The molecule has 4 heteroatoms. The number of piperazine rings is 1. The molecule has 2 aliphatic rings. The summed E-state index contributed by atoms with van der Waals surface area (Å²) in [5.41, 5.74) is -0.142. The van der Waals surface area contributed by atoms with Gasteiger partial charge in [-0.1, -0.05) is 12.8 Å². The molecule has 20 heavy (non-hydrogen) atoms. The predicted octanol–water partition coefficient (Wildman–Crippen LogP) is 1.85. The standard InChI is InChI=1S/C16H31N3O/c1-13(15(20)17-16(2,3)4)18-9-11-19(12-10-18)14-7-5-6-8-14/h13-14H,5-12H2,1-4H3,(H,17,20). The van der Waals surface area contributed by atoms with Crippen LogP contribution in [-0.4, -0.2) is 59.5 Å². The first-order valence-corrected chi connectivity index (χ1v) is 8.17. The van der Waals surface area contributed by atoms with Gasteiger partial charge in [-0.3, -0.25) is 14.6 Å². The Labute approximate surface area is 123 Å². The number of amides is 1. The minimum Gasteiger partial charge on any atom is -0.350 e. The molecular weight excluding hydrogens is 250 g/mol. The summed E-state index contributed by atoms with van der Waals surface area (Å²) in [5, 5.41) is 3.09. The molecule has 0 radical (unpaired) electrons. The van der Waals surface area contributed by atoms with Gasteiger partial charge in [-0.05, 0) is 40.5 Å². The van der Waals surface area contributed by atoms with Crippen LogP contribution in [0.25, 0.3) is 0 Å². The highest BCUT2D eigenvalue weighted by molar-refractivity contribution is 5.81. The number of carbonyl (C=O) groups excluding carboxylic acids is 1. The average Bonchev–Trinajstić information content (AvgIpc) is 2.90. The van der Waals surface area contributed by atoms with Crippen LogP contribution in [-0.2, 0) is 4.79 Å². The van der Waals surface area contributed by atoms with E-state index in [2.05, 4.69) is 15.1 Å². The maximum absolute atomic E-state index is 12.2. The van der Waals surface area contributed by atoms with E-state index in [0.29, 0.717) is 0 Å². The summed E-state index contributed by atoms with van der Waals surface area (Å²) < 4.78 is 0. The van der Waals surface area contributed by atoms with E-state index in [0.717, 1.165) is 32.2 Å². The number of hydrogen-bond donors (Lipinski definition) is 1. The lowest BCUT2D eigenvalue weighted by Gasteiger charge is -2.40. The summed E-state index contributed by atoms with van der Waals surface area (Å²) in [5.74, 6) is 0.159. The molecule has 1 amide bonds. The molecule has 0 aromatic rings. The maximum Gasteiger partial charge on any atom is 0.237 e. The Hall–Kier alpha value is -0.610. The van der Waals surface area contributed by atoms with Crippen molar-refractivity contribution < 1.29 is 4.79 Å². The molecule has 1 heterocycles. The van der Waals surface area contributed by atoms with Crippen molar-refractivity contribution in [2.75, 3.05) is 26.2 Å². The molecule has 1 aliphatic carbocycles. The Kier molecular flexibility index (Phi) is 5.08. The second kappa shape index (κ2) is 6.44. The van der Waals surface area contributed by atoms with Crippen molar-refractivity contribution in [3.05, 3.63) is 0 Å². The summed E-state index contributed by atoms with van der Waals surface area (Å²) in [4.78, 5) is 17.2. The second-order valence-electron chi connectivity index (χ2n) is 7.43. The third-order valence-electron chi connectivity index (χ3n) is 4.62. The molecule has 1 atom stereocenters. The molecule has 0 spiro atoms. The fourth-order valence-corrected chi connectivity index (χ4v) is 3.40. The van der Waals surface area contributed by atoms with Crippen LogP contribution in [0.15, 0.2) is 0 Å². The molecule has 1 aliphatic heterocycles. The van der Waals surface area contributed by atoms with Gasteiger partial charge in [0.1, 0.15) is 0 Å². The number of nitrogens with zero attached hydrogens (tertiary/aromatic N) is 2. The van der Waals surface area contributed by atoms with E-state index < -0.39 is 0 Å². The monoisotopic (exact) mass is 281 g/mol. The van der Waals surface area contributed by atoms with Crippen molar-refractivity contribution in [2.45, 2.75) is 71.0 Å². The van der Waals surface area contributed by atoms with E-state index in [4.69, 9.17) is 0 Å². The summed E-state index contributed by atoms with van der Waals surface area (Å²) in [7, 11) is 0. The van der Waals surface area contributed by atoms with Crippen LogP contribution in [0.2, 0.25) is 0 Å². The van der Waals surface area contributed by atoms with E-state index in [-0.39, 0.29) is 17.5 Å². The minimum absolute atomic E-state index is 0.0139. The van der Waals surface area contributed by atoms with Gasteiger partial charge in [0.05, 0.1) is 6.04 Å². The number of carbonyl (C=O) groups is 1. The van der Waals surface area contributed by atoms with E-state index in [1.54, 1.807) is 0 Å². The van der Waals surface area contributed by atoms with Gasteiger partial charge in [0.15, 0.2) is 0 Å². The Morgan fingerprint density at radius 3 is 2.15 bits per heavy atom. The van der Waals surface area contributed by atoms with E-state index in [1.807, 2.05) is 27.7 Å². The van der Waals surface area contributed by atoms with Gasteiger partial charge in [0.2, 0.25) is 5.91 Å². The van der Waals surface area contributed by atoms with Crippen molar-refractivity contribution >= 4 is 5.91 Å². The molecule has 1 saturated heterocycles. The van der Waals surface area contributed by atoms with Crippen LogP contribution >= 0.6 is 0 Å². The third kappa shape index (κ3) is 4.19. The lowest BCUT2D eigenvalue weighted by atomic mass is 10.1. The lowest BCUT2D eigenvalue weighted by Crippen LogP contribution is -2.57. The molecule has 1 unspecified atom stereocenters. The fraction of sp³-hybridized carbons (Fsp3) is 0.938. The highest BCUT2D eigenvalue weighted by atomic mass is 16.2. The topological polar surface area (TPSA) is 35.6 Å². The Balaban J connectivity index is 1.79. The van der Waals surface area contributed by atoms with E-state index >= 15 is 0 Å². The highest BCUT2D eigenvalue weighted by Gasteiger charge is 2.30. The van der Waals surface area contributed by atoms with Gasteiger partial charge < -0.3 is 5.32 Å². The number of nitrogens with one attached hydrogen (secondary N) is 1. The Morgan fingerprint density at radius 2 is 1.65 bits per heavy atom. The van der Waals surface area contributed by atoms with Gasteiger partial charge in [-0.2, -0.15) is 0 Å². The normalized spacial score (nSPS) is 24.8. The summed E-state index contributed by atoms with van der Waals surface area (Å²) in [6.07, 6.45) is 5.55. The quantitative estimate of drug-likeness (QED) is 0.857. The zero-order valence-electron chi connectivity index (χ0n) is 13.6. The largest absolute Gasteiger partial charge is 0.350 e. The third-order valence-corrected chi connectivity index (χ3v) is 4.62. The Morgan fingerprint density at radius 1 is 1.10 bits per heavy atom. The Bertz CT molecular complexity index is 323. The van der Waals surface area contributed by atoms with E-state index in [9.17, 15) is 4.79 Å². The van der Waals surface area contributed by atoms with Gasteiger partial charge in [0.25, 0.3) is 0 Å². The van der Waals surface area contributed by atoms with Crippen molar-refractivity contribution in [1.29, 1.82) is 0 Å². The summed E-state index contributed by atoms with van der Waals surface area (Å²) in [6.45, 7) is 12.4. The fourth-order valence-electron chi connectivity index (χ4n) is 3.40. The number of hydrogen-bond acceptors (Lipinski definition) is 3. The maximum atomic E-state index is 12.2. The van der Waals surface area contributed by atoms with Gasteiger partial charge >= 0.3 is 0 Å². The van der Waals surface area contributed by atoms with Gasteiger partial charge in [-0.15, -0.1) is 0 Å². The van der Waals surface area contributed by atoms with Crippen LogP contribution in [0.3, 0.4) is 0 Å². The first-order chi connectivity index (χ1) is 9.37.